The Morgan fingerprint density at radius 3 is 2.46 bits per heavy atom. The molecule has 1 aliphatic heterocycles. The van der Waals surface area contributed by atoms with E-state index in [-0.39, 0.29) is 23.7 Å². The van der Waals surface area contributed by atoms with Gasteiger partial charge in [0, 0.05) is 5.69 Å². The zero-order valence-electron chi connectivity index (χ0n) is 15.9. The number of amides is 2. The first kappa shape index (κ1) is 19.4. The predicted molar refractivity (Wildman–Crippen MR) is 105 cm³/mol. The van der Waals surface area contributed by atoms with E-state index < -0.39 is 18.0 Å². The zero-order chi connectivity index (χ0) is 20.4. The molecule has 0 radical (unpaired) electrons. The molecular formula is C21H22N2O5. The Hall–Kier alpha value is -3.35. The van der Waals surface area contributed by atoms with Gasteiger partial charge in [-0.05, 0) is 48.7 Å². The van der Waals surface area contributed by atoms with E-state index in [2.05, 4.69) is 19.2 Å². The minimum absolute atomic E-state index is 0.0133. The monoisotopic (exact) mass is 382 g/mol. The van der Waals surface area contributed by atoms with E-state index in [9.17, 15) is 19.5 Å². The highest BCUT2D eigenvalue weighted by Crippen LogP contribution is 2.35. The summed E-state index contributed by atoms with van der Waals surface area (Å²) in [6.07, 6.45) is -0.763. The second-order valence-electron chi connectivity index (χ2n) is 7.00. The van der Waals surface area contributed by atoms with Crippen LogP contribution < -0.4 is 15.0 Å². The summed E-state index contributed by atoms with van der Waals surface area (Å²) in [5.41, 5.74) is 2.07. The Morgan fingerprint density at radius 2 is 1.86 bits per heavy atom. The number of hydrogen-bond donors (Lipinski definition) is 2. The summed E-state index contributed by atoms with van der Waals surface area (Å²) in [6, 6.07) is 11.7. The number of rotatable bonds is 5. The molecule has 1 unspecified atom stereocenters. The molecule has 146 valence electrons. The van der Waals surface area contributed by atoms with Crippen molar-refractivity contribution in [3.05, 3.63) is 53.6 Å². The molecular weight excluding hydrogens is 360 g/mol. The molecule has 0 aromatic heterocycles. The maximum Gasteiger partial charge on any atom is 0.335 e. The van der Waals surface area contributed by atoms with Crippen LogP contribution in [0.3, 0.4) is 0 Å². The lowest BCUT2D eigenvalue weighted by Crippen LogP contribution is -2.47. The normalized spacial score (nSPS) is 15.8. The van der Waals surface area contributed by atoms with Crippen LogP contribution >= 0.6 is 0 Å². The summed E-state index contributed by atoms with van der Waals surface area (Å²) in [5.74, 6) is -1.15. The molecule has 2 aromatic carbocycles. The summed E-state index contributed by atoms with van der Waals surface area (Å²) in [7, 11) is 0. The fraction of sp³-hybridized carbons (Fsp3) is 0.286. The molecule has 7 nitrogen and oxygen atoms in total. The molecule has 1 aliphatic rings. The Bertz CT molecular complexity index is 921. The van der Waals surface area contributed by atoms with E-state index in [1.54, 1.807) is 6.92 Å². The van der Waals surface area contributed by atoms with Crippen LogP contribution in [-0.4, -0.2) is 35.5 Å². The van der Waals surface area contributed by atoms with Crippen LogP contribution in [0.25, 0.3) is 0 Å². The van der Waals surface area contributed by atoms with Crippen LogP contribution in [0.5, 0.6) is 5.75 Å². The fourth-order valence-corrected chi connectivity index (χ4v) is 3.00. The van der Waals surface area contributed by atoms with Crippen molar-refractivity contribution in [2.24, 2.45) is 0 Å². The highest BCUT2D eigenvalue weighted by Gasteiger charge is 2.33. The van der Waals surface area contributed by atoms with Crippen LogP contribution in [0.4, 0.5) is 11.4 Å². The third-order valence-corrected chi connectivity index (χ3v) is 4.58. The van der Waals surface area contributed by atoms with Gasteiger partial charge in [-0.3, -0.25) is 14.5 Å². The summed E-state index contributed by atoms with van der Waals surface area (Å²) < 4.78 is 5.53. The number of nitrogens with one attached hydrogen (secondary N) is 1. The molecule has 28 heavy (non-hydrogen) atoms. The third-order valence-electron chi connectivity index (χ3n) is 4.58. The number of carbonyl (C=O) groups is 3. The van der Waals surface area contributed by atoms with Crippen molar-refractivity contribution < 1.29 is 24.2 Å². The molecule has 0 bridgehead atoms. The highest BCUT2D eigenvalue weighted by atomic mass is 16.5. The van der Waals surface area contributed by atoms with Gasteiger partial charge < -0.3 is 15.2 Å². The standard InChI is InChI=1S/C21H22N2O5/c1-12(2)14-4-7-16(8-5-14)22-19(24)11-23-17-10-15(21(26)27)6-9-18(17)28-13(3)20(23)25/h4-10,12-13H,11H2,1-3H3,(H,22,24)(H,26,27). The molecule has 0 fully saturated rings. The van der Waals surface area contributed by atoms with Gasteiger partial charge >= 0.3 is 5.97 Å². The molecule has 2 aromatic rings. The van der Waals surface area contributed by atoms with Gasteiger partial charge in [-0.2, -0.15) is 0 Å². The highest BCUT2D eigenvalue weighted by molar-refractivity contribution is 6.06. The van der Waals surface area contributed by atoms with Gasteiger partial charge in [-0.15, -0.1) is 0 Å². The van der Waals surface area contributed by atoms with E-state index >= 15 is 0 Å². The molecule has 1 heterocycles. The Kier molecular flexibility index (Phi) is 5.35. The van der Waals surface area contributed by atoms with E-state index in [0.717, 1.165) is 5.56 Å². The molecule has 2 N–H and O–H groups in total. The first-order chi connectivity index (χ1) is 13.3. The number of hydrogen-bond acceptors (Lipinski definition) is 4. The first-order valence-corrected chi connectivity index (χ1v) is 9.01. The SMILES string of the molecule is CC1Oc2ccc(C(=O)O)cc2N(CC(=O)Nc2ccc(C(C)C)cc2)C1=O. The minimum Gasteiger partial charge on any atom is -0.479 e. The first-order valence-electron chi connectivity index (χ1n) is 9.01. The number of aromatic carboxylic acids is 1. The summed E-state index contributed by atoms with van der Waals surface area (Å²) in [5, 5.41) is 12.0. The quantitative estimate of drug-likeness (QED) is 0.827. The van der Waals surface area contributed by atoms with E-state index in [1.807, 2.05) is 24.3 Å². The van der Waals surface area contributed by atoms with Gasteiger partial charge in [0.1, 0.15) is 12.3 Å². The number of carboxylic acid groups (broad SMARTS) is 1. The fourth-order valence-electron chi connectivity index (χ4n) is 3.00. The largest absolute Gasteiger partial charge is 0.479 e. The Morgan fingerprint density at radius 1 is 1.18 bits per heavy atom. The number of benzene rings is 2. The lowest BCUT2D eigenvalue weighted by Gasteiger charge is -2.32. The van der Waals surface area contributed by atoms with Crippen LogP contribution in [0.2, 0.25) is 0 Å². The molecule has 0 aliphatic carbocycles. The van der Waals surface area contributed by atoms with Crippen molar-refractivity contribution in [1.82, 2.24) is 0 Å². The minimum atomic E-state index is -1.12. The van der Waals surface area contributed by atoms with Crippen LogP contribution in [0.1, 0.15) is 42.6 Å². The van der Waals surface area contributed by atoms with Crippen LogP contribution in [0, 0.1) is 0 Å². The van der Waals surface area contributed by atoms with Crippen molar-refractivity contribution in [2.75, 3.05) is 16.8 Å². The average Bonchev–Trinajstić information content (AvgIpc) is 2.65. The maximum absolute atomic E-state index is 12.6. The summed E-state index contributed by atoms with van der Waals surface area (Å²) >= 11 is 0. The number of nitrogens with zero attached hydrogens (tertiary/aromatic N) is 1. The summed E-state index contributed by atoms with van der Waals surface area (Å²) in [6.45, 7) is 5.52. The van der Waals surface area contributed by atoms with Gasteiger partial charge in [0.05, 0.1) is 11.3 Å². The Balaban J connectivity index is 1.80. The Labute approximate surface area is 162 Å². The maximum atomic E-state index is 12.6. The lowest BCUT2D eigenvalue weighted by molar-refractivity contribution is -0.127. The number of ether oxygens (including phenoxy) is 1. The molecule has 0 spiro atoms. The molecule has 0 saturated heterocycles. The van der Waals surface area contributed by atoms with Crippen LogP contribution in [0.15, 0.2) is 42.5 Å². The number of carboxylic acids is 1. The van der Waals surface area contributed by atoms with Gasteiger partial charge in [0.25, 0.3) is 5.91 Å². The molecule has 2 amide bonds. The third kappa shape index (κ3) is 3.98. The van der Waals surface area contributed by atoms with E-state index in [4.69, 9.17) is 4.74 Å². The van der Waals surface area contributed by atoms with Gasteiger partial charge in [-0.1, -0.05) is 26.0 Å². The lowest BCUT2D eigenvalue weighted by atomic mass is 10.0. The smallest absolute Gasteiger partial charge is 0.335 e. The van der Waals surface area contributed by atoms with Gasteiger partial charge in [0.15, 0.2) is 6.10 Å². The van der Waals surface area contributed by atoms with E-state index in [1.165, 1.54) is 23.1 Å². The van der Waals surface area contributed by atoms with Gasteiger partial charge in [0.2, 0.25) is 5.91 Å². The predicted octanol–water partition coefficient (Wildman–Crippen LogP) is 3.26. The average molecular weight is 382 g/mol. The number of fused-ring (bicyclic) bond motifs is 1. The van der Waals surface area contributed by atoms with Crippen LogP contribution in [-0.2, 0) is 9.59 Å². The molecule has 3 rings (SSSR count). The number of carbonyl (C=O) groups excluding carboxylic acids is 2. The molecule has 7 heteroatoms. The molecule has 0 saturated carbocycles. The van der Waals surface area contributed by atoms with Crippen molar-refractivity contribution in [3.8, 4) is 5.75 Å². The number of anilines is 2. The molecule has 1 atom stereocenters. The van der Waals surface area contributed by atoms with Gasteiger partial charge in [-0.25, -0.2) is 4.79 Å². The summed E-state index contributed by atoms with van der Waals surface area (Å²) in [4.78, 5) is 37.6. The topological polar surface area (TPSA) is 95.9 Å². The van der Waals surface area contributed by atoms with Crippen molar-refractivity contribution in [3.63, 3.8) is 0 Å². The van der Waals surface area contributed by atoms with E-state index in [0.29, 0.717) is 17.4 Å². The van der Waals surface area contributed by atoms with Crippen molar-refractivity contribution in [1.29, 1.82) is 0 Å². The zero-order valence-corrected chi connectivity index (χ0v) is 15.9. The second kappa shape index (κ2) is 7.72. The van der Waals surface area contributed by atoms with Crippen molar-refractivity contribution in [2.45, 2.75) is 32.8 Å². The van der Waals surface area contributed by atoms with Crippen molar-refractivity contribution >= 4 is 29.2 Å². The second-order valence-corrected chi connectivity index (χ2v) is 7.00.